The maximum Gasteiger partial charge on any atom is 0.138 e. The van der Waals surface area contributed by atoms with Crippen LogP contribution in [0.25, 0.3) is 0 Å². The number of benzene rings is 1. The molecule has 1 nitrogen and oxygen atoms in total. The average Bonchev–Trinajstić information content (AvgIpc) is 2.27. The first-order valence-corrected chi connectivity index (χ1v) is 6.13. The van der Waals surface area contributed by atoms with Crippen molar-refractivity contribution in [2.75, 3.05) is 0 Å². The number of ether oxygens (including phenoxy) is 1. The molecule has 0 heterocycles. The molecule has 0 saturated carbocycles. The van der Waals surface area contributed by atoms with Gasteiger partial charge in [-0.2, -0.15) is 0 Å². The van der Waals surface area contributed by atoms with Crippen LogP contribution in [0, 0.1) is 0 Å². The van der Waals surface area contributed by atoms with Crippen molar-refractivity contribution in [3.63, 3.8) is 0 Å². The maximum atomic E-state index is 6.08. The molecule has 15 heavy (non-hydrogen) atoms. The average molecular weight is 247 g/mol. The molecule has 0 aromatic heterocycles. The van der Waals surface area contributed by atoms with Gasteiger partial charge in [-0.25, -0.2) is 0 Å². The van der Waals surface area contributed by atoms with E-state index in [1.54, 1.807) is 0 Å². The molecule has 1 aromatic rings. The van der Waals surface area contributed by atoms with Crippen molar-refractivity contribution in [1.29, 1.82) is 0 Å². The highest BCUT2D eigenvalue weighted by Gasteiger charge is 2.08. The minimum Gasteiger partial charge on any atom is -0.489 e. The van der Waals surface area contributed by atoms with Gasteiger partial charge in [-0.1, -0.05) is 31.5 Å². The Kier molecular flexibility index (Phi) is 5.27. The molecule has 0 atom stereocenters. The van der Waals surface area contributed by atoms with E-state index in [1.165, 1.54) is 0 Å². The molecule has 0 aliphatic rings. The topological polar surface area (TPSA) is 9.23 Å². The SMILES string of the molecule is CCC(CC)Oc1ccc(CCl)cc1Cl. The van der Waals surface area contributed by atoms with Crippen molar-refractivity contribution >= 4 is 23.2 Å². The Morgan fingerprint density at radius 1 is 1.27 bits per heavy atom. The fraction of sp³-hybridized carbons (Fsp3) is 0.500. The molecular formula is C12H16Cl2O. The van der Waals surface area contributed by atoms with Crippen LogP contribution in [-0.4, -0.2) is 6.10 Å². The molecule has 0 fully saturated rings. The zero-order valence-corrected chi connectivity index (χ0v) is 10.6. The molecule has 0 spiro atoms. The molecule has 0 N–H and O–H groups in total. The zero-order chi connectivity index (χ0) is 11.3. The number of hydrogen-bond acceptors (Lipinski definition) is 1. The minimum atomic E-state index is 0.240. The zero-order valence-electron chi connectivity index (χ0n) is 9.09. The van der Waals surface area contributed by atoms with Gasteiger partial charge in [0.05, 0.1) is 11.1 Å². The molecule has 0 bridgehead atoms. The van der Waals surface area contributed by atoms with Gasteiger partial charge in [0.15, 0.2) is 0 Å². The highest BCUT2D eigenvalue weighted by Crippen LogP contribution is 2.27. The fourth-order valence-electron chi connectivity index (χ4n) is 1.36. The van der Waals surface area contributed by atoms with Crippen LogP contribution in [0.1, 0.15) is 32.3 Å². The Morgan fingerprint density at radius 2 is 1.93 bits per heavy atom. The van der Waals surface area contributed by atoms with Gasteiger partial charge in [-0.15, -0.1) is 11.6 Å². The van der Waals surface area contributed by atoms with Crippen LogP contribution in [-0.2, 0) is 5.88 Å². The van der Waals surface area contributed by atoms with Gasteiger partial charge < -0.3 is 4.74 Å². The van der Waals surface area contributed by atoms with Crippen molar-refractivity contribution in [2.45, 2.75) is 38.7 Å². The van der Waals surface area contributed by atoms with Crippen molar-refractivity contribution in [3.8, 4) is 5.75 Å². The molecule has 0 radical (unpaired) electrons. The summed E-state index contributed by atoms with van der Waals surface area (Å²) in [6.07, 6.45) is 2.22. The highest BCUT2D eigenvalue weighted by atomic mass is 35.5. The van der Waals surface area contributed by atoms with E-state index in [4.69, 9.17) is 27.9 Å². The van der Waals surface area contributed by atoms with E-state index in [-0.39, 0.29) is 6.10 Å². The summed E-state index contributed by atoms with van der Waals surface area (Å²) in [6.45, 7) is 4.21. The summed E-state index contributed by atoms with van der Waals surface area (Å²) < 4.78 is 5.77. The van der Waals surface area contributed by atoms with E-state index >= 15 is 0 Å². The lowest BCUT2D eigenvalue weighted by molar-refractivity contribution is 0.193. The van der Waals surface area contributed by atoms with Crippen molar-refractivity contribution in [3.05, 3.63) is 28.8 Å². The van der Waals surface area contributed by atoms with E-state index in [1.807, 2.05) is 18.2 Å². The molecule has 84 valence electrons. The summed E-state index contributed by atoms with van der Waals surface area (Å²) in [4.78, 5) is 0. The lowest BCUT2D eigenvalue weighted by Crippen LogP contribution is -2.13. The van der Waals surface area contributed by atoms with Crippen molar-refractivity contribution < 1.29 is 4.74 Å². The number of hydrogen-bond donors (Lipinski definition) is 0. The molecule has 0 aliphatic carbocycles. The quantitative estimate of drug-likeness (QED) is 0.688. The van der Waals surface area contributed by atoms with Crippen LogP contribution >= 0.6 is 23.2 Å². The van der Waals surface area contributed by atoms with Crippen LogP contribution in [0.4, 0.5) is 0 Å². The monoisotopic (exact) mass is 246 g/mol. The van der Waals surface area contributed by atoms with Gasteiger partial charge in [0, 0.05) is 5.88 Å². The summed E-state index contributed by atoms with van der Waals surface area (Å²) in [7, 11) is 0. The lowest BCUT2D eigenvalue weighted by atomic mass is 10.2. The first-order valence-electron chi connectivity index (χ1n) is 5.22. The third kappa shape index (κ3) is 3.58. The normalized spacial score (nSPS) is 10.7. The summed E-state index contributed by atoms with van der Waals surface area (Å²) in [5, 5.41) is 0.639. The first kappa shape index (κ1) is 12.7. The molecule has 0 unspecified atom stereocenters. The Morgan fingerprint density at radius 3 is 2.40 bits per heavy atom. The first-order chi connectivity index (χ1) is 7.21. The summed E-state index contributed by atoms with van der Waals surface area (Å²) in [5.74, 6) is 1.23. The second-order valence-electron chi connectivity index (χ2n) is 3.45. The van der Waals surface area contributed by atoms with Crippen LogP contribution < -0.4 is 4.74 Å². The third-order valence-electron chi connectivity index (χ3n) is 2.35. The predicted molar refractivity (Wildman–Crippen MR) is 66.0 cm³/mol. The molecular weight excluding hydrogens is 231 g/mol. The third-order valence-corrected chi connectivity index (χ3v) is 2.96. The summed E-state index contributed by atoms with van der Waals surface area (Å²) in [6, 6.07) is 5.68. The van der Waals surface area contributed by atoms with E-state index in [9.17, 15) is 0 Å². The van der Waals surface area contributed by atoms with Crippen molar-refractivity contribution in [2.24, 2.45) is 0 Å². The van der Waals surface area contributed by atoms with Crippen LogP contribution in [0.15, 0.2) is 18.2 Å². The lowest BCUT2D eigenvalue weighted by Gasteiger charge is -2.16. The smallest absolute Gasteiger partial charge is 0.138 e. The van der Waals surface area contributed by atoms with Gasteiger partial charge in [0.2, 0.25) is 0 Å². The van der Waals surface area contributed by atoms with Gasteiger partial charge >= 0.3 is 0 Å². The molecule has 1 rings (SSSR count). The fourth-order valence-corrected chi connectivity index (χ4v) is 1.77. The number of halogens is 2. The minimum absolute atomic E-state index is 0.240. The molecule has 0 saturated heterocycles. The van der Waals surface area contributed by atoms with E-state index in [0.29, 0.717) is 10.9 Å². The summed E-state index contributed by atoms with van der Waals surface area (Å²) in [5.41, 5.74) is 1.01. The van der Waals surface area contributed by atoms with Crippen LogP contribution in [0.3, 0.4) is 0 Å². The van der Waals surface area contributed by atoms with E-state index in [0.717, 1.165) is 24.2 Å². The maximum absolute atomic E-state index is 6.08. The van der Waals surface area contributed by atoms with Gasteiger partial charge in [-0.3, -0.25) is 0 Å². The Labute approximate surface area is 101 Å². The van der Waals surface area contributed by atoms with Crippen LogP contribution in [0.2, 0.25) is 5.02 Å². The second kappa shape index (κ2) is 6.24. The largest absolute Gasteiger partial charge is 0.489 e. The second-order valence-corrected chi connectivity index (χ2v) is 4.13. The highest BCUT2D eigenvalue weighted by molar-refractivity contribution is 6.32. The van der Waals surface area contributed by atoms with Crippen LogP contribution in [0.5, 0.6) is 5.75 Å². The molecule has 1 aromatic carbocycles. The van der Waals surface area contributed by atoms with E-state index < -0.39 is 0 Å². The Hall–Kier alpha value is -0.400. The van der Waals surface area contributed by atoms with E-state index in [2.05, 4.69) is 13.8 Å². The number of rotatable bonds is 5. The van der Waals surface area contributed by atoms with Gasteiger partial charge in [-0.05, 0) is 30.5 Å². The van der Waals surface area contributed by atoms with Crippen molar-refractivity contribution in [1.82, 2.24) is 0 Å². The Bertz CT molecular complexity index is 308. The standard InChI is InChI=1S/C12H16Cl2O/c1-3-10(4-2)15-12-6-5-9(8-13)7-11(12)14/h5-7,10H,3-4,8H2,1-2H3. The Balaban J connectivity index is 2.77. The van der Waals surface area contributed by atoms with Gasteiger partial charge in [0.25, 0.3) is 0 Å². The summed E-state index contributed by atoms with van der Waals surface area (Å²) >= 11 is 11.8. The predicted octanol–water partition coefficient (Wildman–Crippen LogP) is 4.65. The molecule has 0 aliphatic heterocycles. The van der Waals surface area contributed by atoms with Gasteiger partial charge in [0.1, 0.15) is 5.75 Å². The molecule has 0 amide bonds. The number of alkyl halides is 1. The molecule has 3 heteroatoms.